The van der Waals surface area contributed by atoms with Crippen LogP contribution in [0.3, 0.4) is 0 Å². The number of hydrogen-bond acceptors (Lipinski definition) is 3. The minimum absolute atomic E-state index is 0.308. The third-order valence-corrected chi connectivity index (χ3v) is 4.84. The summed E-state index contributed by atoms with van der Waals surface area (Å²) in [6, 6.07) is 9.51. The van der Waals surface area contributed by atoms with Gasteiger partial charge in [0.05, 0.1) is 10.9 Å². The summed E-state index contributed by atoms with van der Waals surface area (Å²) in [4.78, 5) is 11.7. The summed E-state index contributed by atoms with van der Waals surface area (Å²) in [6.45, 7) is 1.35. The van der Waals surface area contributed by atoms with Crippen LogP contribution in [0.2, 0.25) is 10.0 Å². The van der Waals surface area contributed by atoms with E-state index in [9.17, 15) is 9.18 Å². The Labute approximate surface area is 167 Å². The average Bonchev–Trinajstić information content (AvgIpc) is 2.62. The predicted molar refractivity (Wildman–Crippen MR) is 106 cm³/mol. The fourth-order valence-corrected chi connectivity index (χ4v) is 3.52. The van der Waals surface area contributed by atoms with Crippen LogP contribution in [-0.4, -0.2) is 25.6 Å². The first kappa shape index (κ1) is 19.7. The number of carbonyl (C=O) groups excluding carboxylic acids is 1. The standard InChI is InChI=1S/C20H19Cl2FN2O2/c21-16-7-14-6-13(11-27-19(14)18(22)8-16)9-25-10-15(20(24)26)5-12-1-3-17(23)4-2-12/h1-4,6-8,15,25H,5,9-11H2,(H2,24,26)/t15-/m1/s1. The zero-order valence-corrected chi connectivity index (χ0v) is 16.0. The summed E-state index contributed by atoms with van der Waals surface area (Å²) in [5.41, 5.74) is 8.20. The summed E-state index contributed by atoms with van der Waals surface area (Å²) in [7, 11) is 0. The van der Waals surface area contributed by atoms with Gasteiger partial charge < -0.3 is 15.8 Å². The van der Waals surface area contributed by atoms with Crippen LogP contribution in [-0.2, 0) is 11.2 Å². The maximum Gasteiger partial charge on any atom is 0.222 e. The number of ether oxygens (including phenoxy) is 1. The smallest absolute Gasteiger partial charge is 0.222 e. The highest BCUT2D eigenvalue weighted by atomic mass is 35.5. The molecule has 0 aliphatic carbocycles. The molecule has 0 spiro atoms. The molecule has 0 aromatic heterocycles. The van der Waals surface area contributed by atoms with Gasteiger partial charge in [0.15, 0.2) is 0 Å². The van der Waals surface area contributed by atoms with Crippen molar-refractivity contribution >= 4 is 35.2 Å². The van der Waals surface area contributed by atoms with Crippen LogP contribution in [0.5, 0.6) is 5.75 Å². The minimum atomic E-state index is -0.399. The third-order valence-electron chi connectivity index (χ3n) is 4.34. The van der Waals surface area contributed by atoms with Crippen LogP contribution in [0.25, 0.3) is 6.08 Å². The van der Waals surface area contributed by atoms with Gasteiger partial charge in [0.1, 0.15) is 18.2 Å². The summed E-state index contributed by atoms with van der Waals surface area (Å²) < 4.78 is 18.7. The molecule has 2 aromatic rings. The van der Waals surface area contributed by atoms with Crippen LogP contribution in [0.4, 0.5) is 4.39 Å². The molecule has 1 aliphatic heterocycles. The molecule has 1 amide bonds. The number of halogens is 3. The molecule has 4 nitrogen and oxygen atoms in total. The lowest BCUT2D eigenvalue weighted by Gasteiger charge is -2.21. The molecule has 0 fully saturated rings. The van der Waals surface area contributed by atoms with E-state index in [2.05, 4.69) is 5.32 Å². The van der Waals surface area contributed by atoms with E-state index in [1.807, 2.05) is 6.08 Å². The van der Waals surface area contributed by atoms with Crippen molar-refractivity contribution in [2.45, 2.75) is 6.42 Å². The summed E-state index contributed by atoms with van der Waals surface area (Å²) in [6.07, 6.45) is 2.43. The van der Waals surface area contributed by atoms with Crippen molar-refractivity contribution in [2.24, 2.45) is 11.7 Å². The zero-order valence-electron chi connectivity index (χ0n) is 14.5. The van der Waals surface area contributed by atoms with E-state index in [0.29, 0.717) is 41.9 Å². The van der Waals surface area contributed by atoms with E-state index >= 15 is 0 Å². The molecule has 7 heteroatoms. The van der Waals surface area contributed by atoms with Crippen LogP contribution in [0, 0.1) is 11.7 Å². The molecule has 3 N–H and O–H groups in total. The number of benzene rings is 2. The fourth-order valence-electron chi connectivity index (χ4n) is 2.95. The number of carbonyl (C=O) groups is 1. The number of rotatable bonds is 7. The van der Waals surface area contributed by atoms with E-state index in [4.69, 9.17) is 33.7 Å². The van der Waals surface area contributed by atoms with Gasteiger partial charge in [0.25, 0.3) is 0 Å². The summed E-state index contributed by atoms with van der Waals surface area (Å²) >= 11 is 12.2. The van der Waals surface area contributed by atoms with Crippen molar-refractivity contribution in [1.29, 1.82) is 0 Å². The molecule has 0 bridgehead atoms. The zero-order chi connectivity index (χ0) is 19.4. The van der Waals surface area contributed by atoms with E-state index < -0.39 is 11.8 Å². The first-order chi connectivity index (χ1) is 12.9. The summed E-state index contributed by atoms with van der Waals surface area (Å²) in [5.74, 6) is -0.477. The number of fused-ring (bicyclic) bond motifs is 1. The Morgan fingerprint density at radius 2 is 2.00 bits per heavy atom. The molecule has 0 saturated heterocycles. The van der Waals surface area contributed by atoms with Crippen LogP contribution >= 0.6 is 23.2 Å². The SMILES string of the molecule is NC(=O)[C@@H](CNCC1=Cc2cc(Cl)cc(Cl)c2OC1)Cc1ccc(F)cc1. The molecular weight excluding hydrogens is 390 g/mol. The Bertz CT molecular complexity index is 869. The maximum atomic E-state index is 13.0. The minimum Gasteiger partial charge on any atom is -0.487 e. The van der Waals surface area contributed by atoms with Gasteiger partial charge in [-0.25, -0.2) is 4.39 Å². The van der Waals surface area contributed by atoms with Gasteiger partial charge in [-0.2, -0.15) is 0 Å². The van der Waals surface area contributed by atoms with Crippen LogP contribution in [0.1, 0.15) is 11.1 Å². The van der Waals surface area contributed by atoms with E-state index in [1.54, 1.807) is 24.3 Å². The fraction of sp³-hybridized carbons (Fsp3) is 0.250. The molecule has 27 heavy (non-hydrogen) atoms. The molecule has 142 valence electrons. The van der Waals surface area contributed by atoms with Crippen molar-refractivity contribution in [3.8, 4) is 5.75 Å². The lowest BCUT2D eigenvalue weighted by Crippen LogP contribution is -2.35. The molecular formula is C20H19Cl2FN2O2. The molecule has 0 saturated carbocycles. The molecule has 1 aliphatic rings. The Hall–Kier alpha value is -2.08. The van der Waals surface area contributed by atoms with Crippen molar-refractivity contribution in [2.75, 3.05) is 19.7 Å². The molecule has 0 unspecified atom stereocenters. The Kier molecular flexibility index (Phi) is 6.37. The van der Waals surface area contributed by atoms with Crippen molar-refractivity contribution in [3.63, 3.8) is 0 Å². The van der Waals surface area contributed by atoms with Gasteiger partial charge in [-0.1, -0.05) is 35.3 Å². The molecule has 2 aromatic carbocycles. The molecule has 0 radical (unpaired) electrons. The monoisotopic (exact) mass is 408 g/mol. The molecule has 3 rings (SSSR count). The van der Waals surface area contributed by atoms with Gasteiger partial charge in [0, 0.05) is 23.7 Å². The van der Waals surface area contributed by atoms with E-state index in [1.165, 1.54) is 12.1 Å². The Morgan fingerprint density at radius 1 is 1.26 bits per heavy atom. The van der Waals surface area contributed by atoms with Crippen LogP contribution < -0.4 is 15.8 Å². The van der Waals surface area contributed by atoms with Gasteiger partial charge in [-0.3, -0.25) is 4.79 Å². The quantitative estimate of drug-likeness (QED) is 0.731. The number of nitrogens with two attached hydrogens (primary N) is 1. The number of nitrogens with one attached hydrogen (secondary N) is 1. The van der Waals surface area contributed by atoms with Crippen molar-refractivity contribution in [1.82, 2.24) is 5.32 Å². The highest BCUT2D eigenvalue weighted by Gasteiger charge is 2.18. The largest absolute Gasteiger partial charge is 0.487 e. The van der Waals surface area contributed by atoms with Crippen LogP contribution in [0.15, 0.2) is 42.0 Å². The van der Waals surface area contributed by atoms with Gasteiger partial charge in [-0.05, 0) is 47.9 Å². The predicted octanol–water partition coefficient (Wildman–Crippen LogP) is 3.84. The highest BCUT2D eigenvalue weighted by molar-refractivity contribution is 6.36. The Balaban J connectivity index is 1.59. The molecule has 1 heterocycles. The first-order valence-electron chi connectivity index (χ1n) is 8.48. The van der Waals surface area contributed by atoms with E-state index in [-0.39, 0.29) is 5.82 Å². The molecule has 1 atom stereocenters. The second-order valence-electron chi connectivity index (χ2n) is 6.46. The topological polar surface area (TPSA) is 64.4 Å². The van der Waals surface area contributed by atoms with Gasteiger partial charge >= 0.3 is 0 Å². The number of primary amides is 1. The lowest BCUT2D eigenvalue weighted by molar-refractivity contribution is -0.121. The van der Waals surface area contributed by atoms with Crippen molar-refractivity contribution in [3.05, 3.63) is 69.0 Å². The number of hydrogen-bond donors (Lipinski definition) is 2. The Morgan fingerprint density at radius 3 is 2.70 bits per heavy atom. The highest BCUT2D eigenvalue weighted by Crippen LogP contribution is 2.36. The van der Waals surface area contributed by atoms with Gasteiger partial charge in [-0.15, -0.1) is 0 Å². The second kappa shape index (κ2) is 8.74. The average molecular weight is 409 g/mol. The maximum absolute atomic E-state index is 13.0. The first-order valence-corrected chi connectivity index (χ1v) is 9.23. The van der Waals surface area contributed by atoms with E-state index in [0.717, 1.165) is 16.7 Å². The second-order valence-corrected chi connectivity index (χ2v) is 7.30. The normalized spacial score (nSPS) is 14.1. The summed E-state index contributed by atoms with van der Waals surface area (Å²) in [5, 5.41) is 4.26. The van der Waals surface area contributed by atoms with Crippen molar-refractivity contribution < 1.29 is 13.9 Å². The van der Waals surface area contributed by atoms with Gasteiger partial charge in [0.2, 0.25) is 5.91 Å². The third kappa shape index (κ3) is 5.22. The number of amides is 1. The lowest BCUT2D eigenvalue weighted by atomic mass is 9.98.